The van der Waals surface area contributed by atoms with Crippen molar-refractivity contribution >= 4 is 10.9 Å². The second-order valence-electron chi connectivity index (χ2n) is 5.76. The third-order valence-corrected chi connectivity index (χ3v) is 4.03. The lowest BCUT2D eigenvalue weighted by Crippen LogP contribution is -2.32. The zero-order valence-corrected chi connectivity index (χ0v) is 13.0. The second-order valence-corrected chi connectivity index (χ2v) is 5.76. The lowest BCUT2D eigenvalue weighted by atomic mass is 10.1. The molecular weight excluding hydrogens is 282 g/mol. The van der Waals surface area contributed by atoms with Crippen molar-refractivity contribution in [1.82, 2.24) is 14.5 Å². The number of fused-ring (bicyclic) bond motifs is 1. The maximum Gasteiger partial charge on any atom is 0.264 e. The van der Waals surface area contributed by atoms with Crippen molar-refractivity contribution in [3.63, 3.8) is 0 Å². The molecule has 0 aliphatic carbocycles. The molecule has 118 valence electrons. The first-order valence-electron chi connectivity index (χ1n) is 7.47. The van der Waals surface area contributed by atoms with Crippen LogP contribution in [-0.4, -0.2) is 54.9 Å². The standard InChI is InChI=1S/C16H21N3O3/c1-18-6-7-22-10-12(8-18)9-19-11-17-13-4-3-5-14(21-2)15(13)16(19)20/h3-5,11-12H,6-10H2,1-2H3/t12-/m1/s1. The van der Waals surface area contributed by atoms with Crippen LogP contribution in [0.15, 0.2) is 29.3 Å². The molecule has 2 aromatic rings. The van der Waals surface area contributed by atoms with Gasteiger partial charge in [0.2, 0.25) is 0 Å². The molecule has 6 heteroatoms. The molecule has 0 spiro atoms. The molecule has 3 rings (SSSR count). The number of rotatable bonds is 3. The van der Waals surface area contributed by atoms with E-state index < -0.39 is 0 Å². The number of hydrogen-bond acceptors (Lipinski definition) is 5. The van der Waals surface area contributed by atoms with Crippen LogP contribution in [0.3, 0.4) is 0 Å². The molecule has 1 aromatic heterocycles. The third kappa shape index (κ3) is 2.98. The van der Waals surface area contributed by atoms with Crippen molar-refractivity contribution in [2.24, 2.45) is 5.92 Å². The average Bonchev–Trinajstić information content (AvgIpc) is 2.73. The van der Waals surface area contributed by atoms with E-state index in [4.69, 9.17) is 9.47 Å². The van der Waals surface area contributed by atoms with E-state index in [0.717, 1.165) is 19.7 Å². The Morgan fingerprint density at radius 2 is 2.32 bits per heavy atom. The van der Waals surface area contributed by atoms with Gasteiger partial charge in [0.15, 0.2) is 0 Å². The van der Waals surface area contributed by atoms with E-state index in [1.165, 1.54) is 0 Å². The lowest BCUT2D eigenvalue weighted by molar-refractivity contribution is 0.117. The van der Waals surface area contributed by atoms with Crippen molar-refractivity contribution in [2.75, 3.05) is 40.5 Å². The predicted molar refractivity (Wildman–Crippen MR) is 84.4 cm³/mol. The van der Waals surface area contributed by atoms with E-state index in [1.54, 1.807) is 24.1 Å². The van der Waals surface area contributed by atoms with Crippen LogP contribution in [0.5, 0.6) is 5.75 Å². The van der Waals surface area contributed by atoms with Gasteiger partial charge in [-0.3, -0.25) is 9.36 Å². The molecule has 0 bridgehead atoms. The second kappa shape index (κ2) is 6.46. The average molecular weight is 303 g/mol. The minimum atomic E-state index is -0.0608. The highest BCUT2D eigenvalue weighted by Crippen LogP contribution is 2.20. The summed E-state index contributed by atoms with van der Waals surface area (Å²) in [4.78, 5) is 19.4. The Labute approximate surface area is 129 Å². The molecule has 1 saturated heterocycles. The molecule has 0 saturated carbocycles. The van der Waals surface area contributed by atoms with E-state index >= 15 is 0 Å². The van der Waals surface area contributed by atoms with Crippen molar-refractivity contribution < 1.29 is 9.47 Å². The maximum atomic E-state index is 12.7. The first-order chi connectivity index (χ1) is 10.7. The summed E-state index contributed by atoms with van der Waals surface area (Å²) in [5, 5.41) is 0.537. The Morgan fingerprint density at radius 3 is 3.14 bits per heavy atom. The molecule has 6 nitrogen and oxygen atoms in total. The molecule has 0 unspecified atom stereocenters. The van der Waals surface area contributed by atoms with Gasteiger partial charge in [0.25, 0.3) is 5.56 Å². The molecule has 1 atom stereocenters. The number of benzene rings is 1. The molecule has 22 heavy (non-hydrogen) atoms. The summed E-state index contributed by atoms with van der Waals surface area (Å²) < 4.78 is 12.6. The number of likely N-dealkylation sites (N-methyl/N-ethyl adjacent to an activating group) is 1. The lowest BCUT2D eigenvalue weighted by Gasteiger charge is -2.19. The van der Waals surface area contributed by atoms with Crippen LogP contribution in [0.4, 0.5) is 0 Å². The zero-order valence-electron chi connectivity index (χ0n) is 13.0. The van der Waals surface area contributed by atoms with Crippen molar-refractivity contribution in [3.05, 3.63) is 34.9 Å². The minimum absolute atomic E-state index is 0.0608. The summed E-state index contributed by atoms with van der Waals surface area (Å²) in [6, 6.07) is 5.45. The molecule has 0 N–H and O–H groups in total. The van der Waals surface area contributed by atoms with Crippen LogP contribution in [0.2, 0.25) is 0 Å². The smallest absolute Gasteiger partial charge is 0.264 e. The summed E-state index contributed by atoms with van der Waals surface area (Å²) in [6.45, 7) is 3.85. The van der Waals surface area contributed by atoms with Crippen LogP contribution in [0.1, 0.15) is 0 Å². The maximum absolute atomic E-state index is 12.7. The summed E-state index contributed by atoms with van der Waals surface area (Å²) in [6.07, 6.45) is 1.62. The van der Waals surface area contributed by atoms with Crippen LogP contribution in [-0.2, 0) is 11.3 Å². The van der Waals surface area contributed by atoms with E-state index in [9.17, 15) is 4.79 Å². The van der Waals surface area contributed by atoms with E-state index in [0.29, 0.717) is 29.8 Å². The fourth-order valence-corrected chi connectivity index (χ4v) is 2.91. The highest BCUT2D eigenvalue weighted by Gasteiger charge is 2.18. The number of aromatic nitrogens is 2. The number of ether oxygens (including phenoxy) is 2. The molecule has 1 aromatic carbocycles. The van der Waals surface area contributed by atoms with Crippen molar-refractivity contribution in [2.45, 2.75) is 6.54 Å². The van der Waals surface area contributed by atoms with Gasteiger partial charge in [0.1, 0.15) is 11.1 Å². The number of methoxy groups -OCH3 is 1. The van der Waals surface area contributed by atoms with Gasteiger partial charge in [-0.25, -0.2) is 4.98 Å². The summed E-state index contributed by atoms with van der Waals surface area (Å²) in [5.74, 6) is 0.845. The van der Waals surface area contributed by atoms with Crippen LogP contribution >= 0.6 is 0 Å². The number of hydrogen-bond donors (Lipinski definition) is 0. The molecular formula is C16H21N3O3. The Morgan fingerprint density at radius 1 is 1.45 bits per heavy atom. The van der Waals surface area contributed by atoms with E-state index in [-0.39, 0.29) is 11.5 Å². The van der Waals surface area contributed by atoms with Gasteiger partial charge in [0, 0.05) is 25.6 Å². The summed E-state index contributed by atoms with van der Waals surface area (Å²) in [5.41, 5.74) is 0.601. The van der Waals surface area contributed by atoms with Gasteiger partial charge in [0.05, 0.1) is 32.2 Å². The van der Waals surface area contributed by atoms with Gasteiger partial charge in [-0.15, -0.1) is 0 Å². The third-order valence-electron chi connectivity index (χ3n) is 4.03. The van der Waals surface area contributed by atoms with E-state index in [2.05, 4.69) is 16.9 Å². The predicted octanol–water partition coefficient (Wildman–Crippen LogP) is 0.983. The van der Waals surface area contributed by atoms with Gasteiger partial charge in [-0.2, -0.15) is 0 Å². The summed E-state index contributed by atoms with van der Waals surface area (Å²) >= 11 is 0. The largest absolute Gasteiger partial charge is 0.496 e. The fraction of sp³-hybridized carbons (Fsp3) is 0.500. The minimum Gasteiger partial charge on any atom is -0.496 e. The molecule has 1 aliphatic rings. The Kier molecular flexibility index (Phi) is 4.40. The van der Waals surface area contributed by atoms with Crippen molar-refractivity contribution in [1.29, 1.82) is 0 Å². The normalized spacial score (nSPS) is 20.0. The summed E-state index contributed by atoms with van der Waals surface area (Å²) in [7, 11) is 3.64. The Hall–Kier alpha value is -1.92. The highest BCUT2D eigenvalue weighted by molar-refractivity contribution is 5.83. The van der Waals surface area contributed by atoms with Gasteiger partial charge < -0.3 is 14.4 Å². The molecule has 0 radical (unpaired) electrons. The van der Waals surface area contributed by atoms with Gasteiger partial charge in [-0.1, -0.05) is 6.07 Å². The van der Waals surface area contributed by atoms with Crippen molar-refractivity contribution in [3.8, 4) is 5.75 Å². The quantitative estimate of drug-likeness (QED) is 0.846. The zero-order chi connectivity index (χ0) is 15.5. The molecule has 2 heterocycles. The van der Waals surface area contributed by atoms with Crippen LogP contribution < -0.4 is 10.3 Å². The fourth-order valence-electron chi connectivity index (χ4n) is 2.91. The highest BCUT2D eigenvalue weighted by atomic mass is 16.5. The first kappa shape index (κ1) is 15.0. The van der Waals surface area contributed by atoms with Gasteiger partial charge in [-0.05, 0) is 19.2 Å². The monoisotopic (exact) mass is 303 g/mol. The Balaban J connectivity index is 1.94. The molecule has 1 fully saturated rings. The molecule has 1 aliphatic heterocycles. The van der Waals surface area contributed by atoms with Gasteiger partial charge >= 0.3 is 0 Å². The number of nitrogens with zero attached hydrogens (tertiary/aromatic N) is 3. The van der Waals surface area contributed by atoms with Crippen LogP contribution in [0.25, 0.3) is 10.9 Å². The Bertz CT molecular complexity index is 713. The van der Waals surface area contributed by atoms with Crippen LogP contribution in [0, 0.1) is 5.92 Å². The topological polar surface area (TPSA) is 56.6 Å². The SMILES string of the molecule is COc1cccc2ncn(C[C@@H]3COCCN(C)C3)c(=O)c12. The first-order valence-corrected chi connectivity index (χ1v) is 7.47. The van der Waals surface area contributed by atoms with E-state index in [1.807, 2.05) is 12.1 Å². The molecule has 0 amide bonds.